The molecule has 2 heterocycles. The van der Waals surface area contributed by atoms with Crippen molar-refractivity contribution in [2.75, 3.05) is 19.7 Å². The highest BCUT2D eigenvalue weighted by Gasteiger charge is 2.16. The van der Waals surface area contributed by atoms with Crippen LogP contribution in [0.25, 0.3) is 0 Å². The molecular formula is C10H15N3O2S. The van der Waals surface area contributed by atoms with Gasteiger partial charge in [0.2, 0.25) is 5.91 Å². The molecule has 1 aliphatic heterocycles. The zero-order valence-electron chi connectivity index (χ0n) is 8.94. The van der Waals surface area contributed by atoms with Gasteiger partial charge < -0.3 is 15.4 Å². The number of hydrogen-bond donors (Lipinski definition) is 2. The van der Waals surface area contributed by atoms with E-state index in [-0.39, 0.29) is 12.0 Å². The third-order valence-electron chi connectivity index (χ3n) is 2.37. The molecule has 0 aromatic carbocycles. The van der Waals surface area contributed by atoms with Crippen LogP contribution in [0.2, 0.25) is 0 Å². The van der Waals surface area contributed by atoms with Crippen molar-refractivity contribution >= 4 is 17.2 Å². The predicted octanol–water partition coefficient (Wildman–Crippen LogP) is 0.138. The molecule has 0 saturated carbocycles. The lowest BCUT2D eigenvalue weighted by atomic mass is 10.2. The summed E-state index contributed by atoms with van der Waals surface area (Å²) in [6.45, 7) is 2.81. The lowest BCUT2D eigenvalue weighted by Gasteiger charge is -2.22. The minimum Gasteiger partial charge on any atom is -0.375 e. The largest absolute Gasteiger partial charge is 0.375 e. The number of carbonyl (C=O) groups is 1. The number of thiazole rings is 1. The first-order valence-electron chi connectivity index (χ1n) is 5.30. The van der Waals surface area contributed by atoms with Gasteiger partial charge in [-0.2, -0.15) is 0 Å². The van der Waals surface area contributed by atoms with Crippen molar-refractivity contribution in [1.29, 1.82) is 0 Å². The fourth-order valence-corrected chi connectivity index (χ4v) is 2.10. The number of aromatic nitrogens is 1. The second-order valence-corrected chi connectivity index (χ2v) is 4.38. The molecule has 1 unspecified atom stereocenters. The lowest BCUT2D eigenvalue weighted by Crippen LogP contribution is -2.41. The SMILES string of the molecule is O=C(CC1CNCCO1)NCc1cscn1. The molecule has 6 heteroatoms. The monoisotopic (exact) mass is 241 g/mol. The van der Waals surface area contributed by atoms with Crippen LogP contribution in [0.4, 0.5) is 0 Å². The van der Waals surface area contributed by atoms with E-state index >= 15 is 0 Å². The summed E-state index contributed by atoms with van der Waals surface area (Å²) < 4.78 is 5.45. The maximum atomic E-state index is 11.6. The maximum absolute atomic E-state index is 11.6. The molecule has 1 aromatic heterocycles. The van der Waals surface area contributed by atoms with E-state index in [0.29, 0.717) is 19.6 Å². The number of morpholine rings is 1. The van der Waals surface area contributed by atoms with Crippen LogP contribution in [-0.2, 0) is 16.1 Å². The summed E-state index contributed by atoms with van der Waals surface area (Å²) in [5.41, 5.74) is 2.66. The second-order valence-electron chi connectivity index (χ2n) is 3.66. The zero-order valence-corrected chi connectivity index (χ0v) is 9.76. The summed E-state index contributed by atoms with van der Waals surface area (Å²) in [7, 11) is 0. The minimum absolute atomic E-state index is 0.00387. The van der Waals surface area contributed by atoms with Gasteiger partial charge in [-0.15, -0.1) is 11.3 Å². The Kier molecular flexibility index (Phi) is 4.26. The van der Waals surface area contributed by atoms with Crippen molar-refractivity contribution in [1.82, 2.24) is 15.6 Å². The van der Waals surface area contributed by atoms with Gasteiger partial charge in [0.15, 0.2) is 0 Å². The van der Waals surface area contributed by atoms with Gasteiger partial charge in [0.25, 0.3) is 0 Å². The highest BCUT2D eigenvalue weighted by atomic mass is 32.1. The fourth-order valence-electron chi connectivity index (χ4n) is 1.54. The first-order chi connectivity index (χ1) is 7.84. The molecule has 1 aromatic rings. The fraction of sp³-hybridized carbons (Fsp3) is 0.600. The Bertz CT molecular complexity index is 323. The summed E-state index contributed by atoms with van der Waals surface area (Å²) in [6, 6.07) is 0. The Hall–Kier alpha value is -0.980. The molecule has 88 valence electrons. The first-order valence-corrected chi connectivity index (χ1v) is 6.25. The van der Waals surface area contributed by atoms with Crippen molar-refractivity contribution in [2.45, 2.75) is 19.1 Å². The van der Waals surface area contributed by atoms with E-state index in [1.54, 1.807) is 5.51 Å². The van der Waals surface area contributed by atoms with Gasteiger partial charge in [0.05, 0.1) is 36.9 Å². The molecule has 5 nitrogen and oxygen atoms in total. The quantitative estimate of drug-likeness (QED) is 0.787. The molecule has 0 aliphatic carbocycles. The van der Waals surface area contributed by atoms with Crippen molar-refractivity contribution in [3.63, 3.8) is 0 Å². The maximum Gasteiger partial charge on any atom is 0.222 e. The van der Waals surface area contributed by atoms with Crippen molar-refractivity contribution < 1.29 is 9.53 Å². The Labute approximate surface area is 98.2 Å². The molecule has 1 fully saturated rings. The number of ether oxygens (including phenoxy) is 1. The first kappa shape index (κ1) is 11.5. The van der Waals surface area contributed by atoms with Crippen LogP contribution in [0.3, 0.4) is 0 Å². The van der Waals surface area contributed by atoms with Crippen LogP contribution in [0, 0.1) is 0 Å². The number of carbonyl (C=O) groups excluding carboxylic acids is 1. The van der Waals surface area contributed by atoms with Crippen LogP contribution < -0.4 is 10.6 Å². The average molecular weight is 241 g/mol. The number of nitrogens with one attached hydrogen (secondary N) is 2. The Morgan fingerprint density at radius 1 is 1.75 bits per heavy atom. The Morgan fingerprint density at radius 3 is 3.38 bits per heavy atom. The summed E-state index contributed by atoms with van der Waals surface area (Å²) in [5, 5.41) is 7.95. The molecule has 2 rings (SSSR count). The third kappa shape index (κ3) is 3.55. The van der Waals surface area contributed by atoms with Crippen molar-refractivity contribution in [3.8, 4) is 0 Å². The highest BCUT2D eigenvalue weighted by Crippen LogP contribution is 2.03. The molecule has 0 radical (unpaired) electrons. The normalized spacial score (nSPS) is 20.6. The molecule has 0 spiro atoms. The van der Waals surface area contributed by atoms with E-state index in [9.17, 15) is 4.79 Å². The number of rotatable bonds is 4. The topological polar surface area (TPSA) is 63.2 Å². The van der Waals surface area contributed by atoms with E-state index in [1.807, 2.05) is 5.38 Å². The molecule has 1 atom stereocenters. The van der Waals surface area contributed by atoms with Crippen LogP contribution in [0.5, 0.6) is 0 Å². The molecule has 1 saturated heterocycles. The second kappa shape index (κ2) is 5.93. The Morgan fingerprint density at radius 2 is 2.69 bits per heavy atom. The molecular weight excluding hydrogens is 226 g/mol. The summed E-state index contributed by atoms with van der Waals surface area (Å²) in [5.74, 6) is 0.0155. The van der Waals surface area contributed by atoms with E-state index in [0.717, 1.165) is 18.8 Å². The van der Waals surface area contributed by atoms with Crippen molar-refractivity contribution in [2.24, 2.45) is 0 Å². The van der Waals surface area contributed by atoms with Crippen LogP contribution in [0.15, 0.2) is 10.9 Å². The average Bonchev–Trinajstić information content (AvgIpc) is 2.81. The van der Waals surface area contributed by atoms with Crippen LogP contribution in [-0.4, -0.2) is 36.7 Å². The van der Waals surface area contributed by atoms with E-state index in [4.69, 9.17) is 4.74 Å². The minimum atomic E-state index is 0.00387. The number of hydrogen-bond acceptors (Lipinski definition) is 5. The van der Waals surface area contributed by atoms with Crippen LogP contribution in [0.1, 0.15) is 12.1 Å². The predicted molar refractivity (Wildman–Crippen MR) is 61.2 cm³/mol. The molecule has 0 bridgehead atoms. The summed E-state index contributed by atoms with van der Waals surface area (Å²) >= 11 is 1.53. The lowest BCUT2D eigenvalue weighted by molar-refractivity contribution is -0.124. The zero-order chi connectivity index (χ0) is 11.2. The van der Waals surface area contributed by atoms with Gasteiger partial charge in [-0.05, 0) is 0 Å². The summed E-state index contributed by atoms with van der Waals surface area (Å²) in [6.07, 6.45) is 0.418. The number of nitrogens with zero attached hydrogens (tertiary/aromatic N) is 1. The third-order valence-corrected chi connectivity index (χ3v) is 3.00. The molecule has 2 N–H and O–H groups in total. The highest BCUT2D eigenvalue weighted by molar-refractivity contribution is 7.07. The smallest absolute Gasteiger partial charge is 0.222 e. The molecule has 1 amide bonds. The molecule has 16 heavy (non-hydrogen) atoms. The van der Waals surface area contributed by atoms with E-state index in [2.05, 4.69) is 15.6 Å². The van der Waals surface area contributed by atoms with Gasteiger partial charge in [-0.1, -0.05) is 0 Å². The standard InChI is InChI=1S/C10H15N3O2S/c14-10(3-9-5-11-1-2-15-9)12-4-8-6-16-7-13-8/h6-7,9,11H,1-5H2,(H,12,14). The van der Waals surface area contributed by atoms with Crippen molar-refractivity contribution in [3.05, 3.63) is 16.6 Å². The van der Waals surface area contributed by atoms with Gasteiger partial charge >= 0.3 is 0 Å². The van der Waals surface area contributed by atoms with Gasteiger partial charge in [0, 0.05) is 18.5 Å². The van der Waals surface area contributed by atoms with E-state index < -0.39 is 0 Å². The van der Waals surface area contributed by atoms with E-state index in [1.165, 1.54) is 11.3 Å². The van der Waals surface area contributed by atoms with Gasteiger partial charge in [0.1, 0.15) is 0 Å². The Balaban J connectivity index is 1.67. The van der Waals surface area contributed by atoms with Gasteiger partial charge in [-0.3, -0.25) is 4.79 Å². The molecule has 1 aliphatic rings. The van der Waals surface area contributed by atoms with Gasteiger partial charge in [-0.25, -0.2) is 4.98 Å². The van der Waals surface area contributed by atoms with Crippen LogP contribution >= 0.6 is 11.3 Å². The summed E-state index contributed by atoms with van der Waals surface area (Å²) in [4.78, 5) is 15.7. The number of amides is 1.